The van der Waals surface area contributed by atoms with Gasteiger partial charge < -0.3 is 10.2 Å². The van der Waals surface area contributed by atoms with Gasteiger partial charge in [0.05, 0.1) is 0 Å². The summed E-state index contributed by atoms with van der Waals surface area (Å²) in [5.41, 5.74) is 2.40. The van der Waals surface area contributed by atoms with E-state index < -0.39 is 5.97 Å². The highest BCUT2D eigenvalue weighted by Crippen LogP contribution is 2.39. The number of aromatic carboxylic acids is 1. The average Bonchev–Trinajstić information content (AvgIpc) is 2.54. The van der Waals surface area contributed by atoms with Gasteiger partial charge in [-0.2, -0.15) is 0 Å². The van der Waals surface area contributed by atoms with Crippen molar-refractivity contribution in [1.29, 1.82) is 0 Å². The van der Waals surface area contributed by atoms with Gasteiger partial charge in [-0.3, -0.25) is 0 Å². The molecule has 1 unspecified atom stereocenters. The minimum Gasteiger partial charge on any atom is -0.507 e. The first-order valence-corrected chi connectivity index (χ1v) is 7.93. The average molecular weight is 312 g/mol. The molecule has 0 aliphatic rings. The maximum atomic E-state index is 11.5. The van der Waals surface area contributed by atoms with E-state index in [4.69, 9.17) is 0 Å². The monoisotopic (exact) mass is 312 g/mol. The second-order valence-electron chi connectivity index (χ2n) is 6.64. The van der Waals surface area contributed by atoms with Crippen LogP contribution in [0.15, 0.2) is 42.5 Å². The van der Waals surface area contributed by atoms with Crippen LogP contribution in [0.1, 0.15) is 67.1 Å². The van der Waals surface area contributed by atoms with Crippen molar-refractivity contribution in [2.24, 2.45) is 0 Å². The van der Waals surface area contributed by atoms with Crippen LogP contribution in [0.3, 0.4) is 0 Å². The highest BCUT2D eigenvalue weighted by molar-refractivity contribution is 5.91. The van der Waals surface area contributed by atoms with Gasteiger partial charge in [-0.15, -0.1) is 0 Å². The number of carboxylic acid groups (broad SMARTS) is 1. The summed E-state index contributed by atoms with van der Waals surface area (Å²) in [5.74, 6) is -1.16. The zero-order chi connectivity index (χ0) is 17.2. The SMILES string of the molecule is CCC(C)(C)c1cc(C(C)c2ccccc2)cc(C(=O)O)c1O. The molecular weight excluding hydrogens is 288 g/mol. The smallest absolute Gasteiger partial charge is 0.339 e. The minimum absolute atomic E-state index is 0.0261. The molecule has 0 heterocycles. The summed E-state index contributed by atoms with van der Waals surface area (Å²) in [5, 5.41) is 19.9. The van der Waals surface area contributed by atoms with Crippen molar-refractivity contribution in [3.05, 3.63) is 64.7 Å². The molecule has 3 nitrogen and oxygen atoms in total. The van der Waals surface area contributed by atoms with E-state index in [1.165, 1.54) is 0 Å². The van der Waals surface area contributed by atoms with Gasteiger partial charge in [0.1, 0.15) is 11.3 Å². The second kappa shape index (κ2) is 6.45. The number of rotatable bonds is 5. The van der Waals surface area contributed by atoms with Gasteiger partial charge in [-0.05, 0) is 29.0 Å². The molecule has 0 aliphatic carbocycles. The summed E-state index contributed by atoms with van der Waals surface area (Å²) in [7, 11) is 0. The van der Waals surface area contributed by atoms with Crippen LogP contribution in [0.4, 0.5) is 0 Å². The number of phenols is 1. The summed E-state index contributed by atoms with van der Waals surface area (Å²) >= 11 is 0. The molecule has 122 valence electrons. The fourth-order valence-corrected chi connectivity index (χ4v) is 2.71. The maximum Gasteiger partial charge on any atom is 0.339 e. The summed E-state index contributed by atoms with van der Waals surface area (Å²) in [4.78, 5) is 11.5. The zero-order valence-corrected chi connectivity index (χ0v) is 14.1. The lowest BCUT2D eigenvalue weighted by Crippen LogP contribution is -2.18. The predicted octanol–water partition coefficient (Wildman–Crippen LogP) is 4.93. The van der Waals surface area contributed by atoms with Crippen molar-refractivity contribution < 1.29 is 15.0 Å². The molecule has 0 aliphatic heterocycles. The number of benzene rings is 2. The summed E-state index contributed by atoms with van der Waals surface area (Å²) in [6, 6.07) is 13.5. The third kappa shape index (κ3) is 3.39. The molecule has 2 aromatic rings. The first-order valence-electron chi connectivity index (χ1n) is 7.93. The molecule has 0 saturated carbocycles. The fraction of sp³-hybridized carbons (Fsp3) is 0.350. The van der Waals surface area contributed by atoms with Crippen molar-refractivity contribution in [2.75, 3.05) is 0 Å². The van der Waals surface area contributed by atoms with E-state index in [0.717, 1.165) is 17.5 Å². The molecule has 1 atom stereocenters. The van der Waals surface area contributed by atoms with Crippen molar-refractivity contribution >= 4 is 5.97 Å². The van der Waals surface area contributed by atoms with Gasteiger partial charge in [-0.1, -0.05) is 64.1 Å². The van der Waals surface area contributed by atoms with Gasteiger partial charge in [-0.25, -0.2) is 4.79 Å². The van der Waals surface area contributed by atoms with Crippen LogP contribution in [0.25, 0.3) is 0 Å². The first-order chi connectivity index (χ1) is 10.8. The second-order valence-corrected chi connectivity index (χ2v) is 6.64. The Morgan fingerprint density at radius 3 is 2.26 bits per heavy atom. The molecule has 2 N–H and O–H groups in total. The summed E-state index contributed by atoms with van der Waals surface area (Å²) in [6.07, 6.45) is 0.808. The molecule has 0 bridgehead atoms. The third-order valence-corrected chi connectivity index (χ3v) is 4.78. The Morgan fingerprint density at radius 1 is 1.13 bits per heavy atom. The quantitative estimate of drug-likeness (QED) is 0.823. The van der Waals surface area contributed by atoms with Gasteiger partial charge in [0.15, 0.2) is 0 Å². The number of hydrogen-bond donors (Lipinski definition) is 2. The van der Waals surface area contributed by atoms with Crippen LogP contribution in [-0.2, 0) is 5.41 Å². The Labute approximate surface area is 137 Å². The Kier molecular flexibility index (Phi) is 4.79. The van der Waals surface area contributed by atoms with E-state index in [0.29, 0.717) is 5.56 Å². The van der Waals surface area contributed by atoms with Gasteiger partial charge in [0, 0.05) is 11.5 Å². The van der Waals surface area contributed by atoms with E-state index in [-0.39, 0.29) is 22.6 Å². The Hall–Kier alpha value is -2.29. The van der Waals surface area contributed by atoms with E-state index in [9.17, 15) is 15.0 Å². The van der Waals surface area contributed by atoms with Crippen LogP contribution in [-0.4, -0.2) is 16.2 Å². The lowest BCUT2D eigenvalue weighted by molar-refractivity contribution is 0.0693. The molecule has 0 fully saturated rings. The largest absolute Gasteiger partial charge is 0.507 e. The normalized spacial score (nSPS) is 12.9. The highest BCUT2D eigenvalue weighted by Gasteiger charge is 2.27. The van der Waals surface area contributed by atoms with Crippen molar-refractivity contribution in [2.45, 2.75) is 45.4 Å². The van der Waals surface area contributed by atoms with E-state index in [1.807, 2.05) is 57.2 Å². The highest BCUT2D eigenvalue weighted by atomic mass is 16.4. The number of aromatic hydroxyl groups is 1. The molecule has 0 spiro atoms. The molecule has 0 saturated heterocycles. The molecule has 3 heteroatoms. The Bertz CT molecular complexity index is 702. The topological polar surface area (TPSA) is 57.5 Å². The summed E-state index contributed by atoms with van der Waals surface area (Å²) in [6.45, 7) is 8.12. The van der Waals surface area contributed by atoms with Gasteiger partial charge in [0.25, 0.3) is 0 Å². The third-order valence-electron chi connectivity index (χ3n) is 4.78. The number of carbonyl (C=O) groups is 1. The number of carboxylic acids is 1. The lowest BCUT2D eigenvalue weighted by Gasteiger charge is -2.27. The van der Waals surface area contributed by atoms with Gasteiger partial charge >= 0.3 is 5.97 Å². The first kappa shape index (κ1) is 17.1. The standard InChI is InChI=1S/C20H24O3/c1-5-20(3,4)17-12-15(11-16(18(17)21)19(22)23)13(2)14-9-7-6-8-10-14/h6-13,21H,5H2,1-4H3,(H,22,23). The fourth-order valence-electron chi connectivity index (χ4n) is 2.71. The molecule has 2 aromatic carbocycles. The zero-order valence-electron chi connectivity index (χ0n) is 14.1. The van der Waals surface area contributed by atoms with Crippen LogP contribution < -0.4 is 0 Å². The van der Waals surface area contributed by atoms with E-state index >= 15 is 0 Å². The Morgan fingerprint density at radius 2 is 1.74 bits per heavy atom. The van der Waals surface area contributed by atoms with Crippen LogP contribution in [0.5, 0.6) is 5.75 Å². The van der Waals surface area contributed by atoms with Crippen LogP contribution in [0.2, 0.25) is 0 Å². The van der Waals surface area contributed by atoms with Gasteiger partial charge in [0.2, 0.25) is 0 Å². The summed E-state index contributed by atoms with van der Waals surface area (Å²) < 4.78 is 0. The van der Waals surface area contributed by atoms with Crippen LogP contribution in [0, 0.1) is 0 Å². The maximum absolute atomic E-state index is 11.5. The predicted molar refractivity (Wildman–Crippen MR) is 92.3 cm³/mol. The molecule has 2 rings (SSSR count). The number of hydrogen-bond acceptors (Lipinski definition) is 2. The lowest BCUT2D eigenvalue weighted by atomic mass is 9.78. The van der Waals surface area contributed by atoms with E-state index in [2.05, 4.69) is 6.92 Å². The molecule has 23 heavy (non-hydrogen) atoms. The minimum atomic E-state index is -1.10. The molecule has 0 radical (unpaired) electrons. The van der Waals surface area contributed by atoms with Crippen molar-refractivity contribution in [1.82, 2.24) is 0 Å². The van der Waals surface area contributed by atoms with E-state index in [1.54, 1.807) is 6.07 Å². The molecule has 0 aromatic heterocycles. The molecular formula is C20H24O3. The molecule has 0 amide bonds. The van der Waals surface area contributed by atoms with Crippen molar-refractivity contribution in [3.63, 3.8) is 0 Å². The van der Waals surface area contributed by atoms with Crippen LogP contribution >= 0.6 is 0 Å². The Balaban J connectivity index is 2.63. The van der Waals surface area contributed by atoms with Crippen molar-refractivity contribution in [3.8, 4) is 5.75 Å².